The van der Waals surface area contributed by atoms with Crippen LogP contribution in [-0.2, 0) is 6.42 Å². The Labute approximate surface area is 117 Å². The fourth-order valence-corrected chi connectivity index (χ4v) is 2.75. The number of nitrogens with one attached hydrogen (secondary N) is 1. The molecule has 1 rings (SSSR count). The molecule has 18 heavy (non-hydrogen) atoms. The second kappa shape index (κ2) is 8.60. The van der Waals surface area contributed by atoms with E-state index in [4.69, 9.17) is 0 Å². The maximum atomic E-state index is 3.67. The van der Waals surface area contributed by atoms with Crippen LogP contribution in [-0.4, -0.2) is 18.1 Å². The van der Waals surface area contributed by atoms with E-state index in [1.807, 2.05) is 11.8 Å². The van der Waals surface area contributed by atoms with E-state index in [1.54, 1.807) is 0 Å². The van der Waals surface area contributed by atoms with Crippen LogP contribution in [0, 0.1) is 0 Å². The van der Waals surface area contributed by atoms with E-state index in [0.29, 0.717) is 12.1 Å². The van der Waals surface area contributed by atoms with E-state index < -0.39 is 0 Å². The maximum Gasteiger partial charge on any atom is 0.0294 e. The molecule has 1 aromatic carbocycles. The van der Waals surface area contributed by atoms with Gasteiger partial charge in [-0.1, -0.05) is 37.6 Å². The summed E-state index contributed by atoms with van der Waals surface area (Å²) in [5, 5.41) is 3.67. The summed E-state index contributed by atoms with van der Waals surface area (Å²) >= 11 is 1.92. The Balaban J connectivity index is 2.47. The van der Waals surface area contributed by atoms with Crippen molar-refractivity contribution >= 4 is 11.8 Å². The summed E-state index contributed by atoms with van der Waals surface area (Å²) < 4.78 is 0. The molecule has 0 fully saturated rings. The third-order valence-corrected chi connectivity index (χ3v) is 3.95. The van der Waals surface area contributed by atoms with E-state index in [-0.39, 0.29) is 0 Å². The van der Waals surface area contributed by atoms with Crippen LogP contribution in [0.1, 0.15) is 50.8 Å². The number of benzene rings is 1. The molecular formula is C16H27NS. The van der Waals surface area contributed by atoms with Crippen molar-refractivity contribution in [3.63, 3.8) is 0 Å². The van der Waals surface area contributed by atoms with Gasteiger partial charge >= 0.3 is 0 Å². The Kier molecular flexibility index (Phi) is 7.45. The van der Waals surface area contributed by atoms with Gasteiger partial charge in [-0.2, -0.15) is 11.8 Å². The van der Waals surface area contributed by atoms with Gasteiger partial charge in [-0.3, -0.25) is 0 Å². The van der Waals surface area contributed by atoms with E-state index in [2.05, 4.69) is 56.6 Å². The van der Waals surface area contributed by atoms with Crippen molar-refractivity contribution in [2.45, 2.75) is 52.1 Å². The molecule has 1 aromatic rings. The smallest absolute Gasteiger partial charge is 0.0294 e. The van der Waals surface area contributed by atoms with Crippen LogP contribution in [0.4, 0.5) is 0 Å². The molecule has 0 saturated heterocycles. The molecule has 0 bridgehead atoms. The molecule has 0 saturated carbocycles. The van der Waals surface area contributed by atoms with E-state index in [0.717, 1.165) is 0 Å². The summed E-state index contributed by atoms with van der Waals surface area (Å²) in [5.41, 5.74) is 2.84. The summed E-state index contributed by atoms with van der Waals surface area (Å²) in [4.78, 5) is 0. The highest BCUT2D eigenvalue weighted by atomic mass is 32.2. The zero-order valence-corrected chi connectivity index (χ0v) is 13.0. The van der Waals surface area contributed by atoms with E-state index >= 15 is 0 Å². The Morgan fingerprint density at radius 1 is 1.17 bits per heavy atom. The minimum Gasteiger partial charge on any atom is -0.308 e. The van der Waals surface area contributed by atoms with Gasteiger partial charge in [-0.05, 0) is 49.8 Å². The number of aryl methyl sites for hydroxylation is 1. The molecule has 0 aliphatic heterocycles. The van der Waals surface area contributed by atoms with Crippen LogP contribution in [0.2, 0.25) is 0 Å². The lowest BCUT2D eigenvalue weighted by Crippen LogP contribution is -2.29. The predicted molar refractivity (Wildman–Crippen MR) is 84.4 cm³/mol. The van der Waals surface area contributed by atoms with Gasteiger partial charge in [0.05, 0.1) is 0 Å². The van der Waals surface area contributed by atoms with Gasteiger partial charge < -0.3 is 5.32 Å². The molecule has 0 aromatic heterocycles. The summed E-state index contributed by atoms with van der Waals surface area (Å²) in [6.45, 7) is 6.76. The van der Waals surface area contributed by atoms with Gasteiger partial charge in [-0.25, -0.2) is 0 Å². The van der Waals surface area contributed by atoms with Crippen molar-refractivity contribution in [2.24, 2.45) is 0 Å². The maximum absolute atomic E-state index is 3.67. The Morgan fingerprint density at radius 3 is 2.39 bits per heavy atom. The minimum absolute atomic E-state index is 0.442. The topological polar surface area (TPSA) is 12.0 Å². The van der Waals surface area contributed by atoms with Crippen molar-refractivity contribution < 1.29 is 0 Å². The summed E-state index contributed by atoms with van der Waals surface area (Å²) in [6, 6.07) is 10.1. The first-order valence-corrected chi connectivity index (χ1v) is 8.40. The molecule has 2 unspecified atom stereocenters. The van der Waals surface area contributed by atoms with Gasteiger partial charge in [0.1, 0.15) is 0 Å². The van der Waals surface area contributed by atoms with Crippen LogP contribution in [0.5, 0.6) is 0 Å². The second-order valence-electron chi connectivity index (χ2n) is 5.06. The molecule has 2 heteroatoms. The monoisotopic (exact) mass is 265 g/mol. The molecule has 0 aliphatic rings. The first-order valence-electron chi connectivity index (χ1n) is 7.01. The molecule has 0 aliphatic carbocycles. The van der Waals surface area contributed by atoms with Gasteiger partial charge in [-0.15, -0.1) is 0 Å². The standard InChI is InChI=1S/C16H27NS/c1-5-6-15-7-9-16(10-8-15)14(3)17-13(2)11-12-18-4/h7-10,13-14,17H,5-6,11-12H2,1-4H3. The first kappa shape index (κ1) is 15.6. The Morgan fingerprint density at radius 2 is 1.83 bits per heavy atom. The zero-order chi connectivity index (χ0) is 13.4. The average molecular weight is 265 g/mol. The van der Waals surface area contributed by atoms with Gasteiger partial charge in [0.2, 0.25) is 0 Å². The predicted octanol–water partition coefficient (Wildman–Crippen LogP) is 4.43. The molecule has 1 N–H and O–H groups in total. The quantitative estimate of drug-likeness (QED) is 0.746. The Bertz CT molecular complexity index is 320. The molecular weight excluding hydrogens is 238 g/mol. The lowest BCUT2D eigenvalue weighted by Gasteiger charge is -2.20. The largest absolute Gasteiger partial charge is 0.308 e. The zero-order valence-electron chi connectivity index (χ0n) is 12.2. The van der Waals surface area contributed by atoms with Crippen LogP contribution in [0.3, 0.4) is 0 Å². The van der Waals surface area contributed by atoms with E-state index in [1.165, 1.54) is 36.1 Å². The molecule has 102 valence electrons. The van der Waals surface area contributed by atoms with E-state index in [9.17, 15) is 0 Å². The Hall–Kier alpha value is -0.470. The summed E-state index contributed by atoms with van der Waals surface area (Å²) in [6.07, 6.45) is 5.81. The minimum atomic E-state index is 0.442. The number of rotatable bonds is 8. The molecule has 1 nitrogen and oxygen atoms in total. The van der Waals surface area contributed by atoms with Crippen molar-refractivity contribution in [2.75, 3.05) is 12.0 Å². The second-order valence-corrected chi connectivity index (χ2v) is 6.05. The highest BCUT2D eigenvalue weighted by Gasteiger charge is 2.08. The highest BCUT2D eigenvalue weighted by Crippen LogP contribution is 2.15. The SMILES string of the molecule is CCCc1ccc(C(C)NC(C)CCSC)cc1. The summed E-state index contributed by atoms with van der Waals surface area (Å²) in [5.74, 6) is 1.23. The molecule has 0 amide bonds. The van der Waals surface area contributed by atoms with Crippen LogP contribution < -0.4 is 5.32 Å². The van der Waals surface area contributed by atoms with Crippen molar-refractivity contribution in [3.05, 3.63) is 35.4 Å². The fraction of sp³-hybridized carbons (Fsp3) is 0.625. The van der Waals surface area contributed by atoms with Crippen LogP contribution in [0.15, 0.2) is 24.3 Å². The molecule has 0 spiro atoms. The summed E-state index contributed by atoms with van der Waals surface area (Å²) in [7, 11) is 0. The normalized spacial score (nSPS) is 14.4. The third-order valence-electron chi connectivity index (χ3n) is 3.31. The fourth-order valence-electron chi connectivity index (χ4n) is 2.16. The van der Waals surface area contributed by atoms with Crippen molar-refractivity contribution in [1.29, 1.82) is 0 Å². The van der Waals surface area contributed by atoms with Gasteiger partial charge in [0.25, 0.3) is 0 Å². The number of thioether (sulfide) groups is 1. The average Bonchev–Trinajstić information content (AvgIpc) is 2.37. The van der Waals surface area contributed by atoms with Crippen LogP contribution in [0.25, 0.3) is 0 Å². The molecule has 0 radical (unpaired) electrons. The molecule has 2 atom stereocenters. The van der Waals surface area contributed by atoms with Gasteiger partial charge in [0.15, 0.2) is 0 Å². The van der Waals surface area contributed by atoms with Crippen molar-refractivity contribution in [1.82, 2.24) is 5.32 Å². The lowest BCUT2D eigenvalue weighted by molar-refractivity contribution is 0.471. The third kappa shape index (κ3) is 5.45. The van der Waals surface area contributed by atoms with Crippen LogP contribution >= 0.6 is 11.8 Å². The number of hydrogen-bond donors (Lipinski definition) is 1. The van der Waals surface area contributed by atoms with Crippen molar-refractivity contribution in [3.8, 4) is 0 Å². The highest BCUT2D eigenvalue weighted by molar-refractivity contribution is 7.98. The molecule has 0 heterocycles. The van der Waals surface area contributed by atoms with Gasteiger partial charge in [0, 0.05) is 12.1 Å². The first-order chi connectivity index (χ1) is 8.67. The lowest BCUT2D eigenvalue weighted by atomic mass is 10.0. The number of hydrogen-bond acceptors (Lipinski definition) is 2.